The minimum atomic E-state index is -0.227. The quantitative estimate of drug-likeness (QED) is 0.657. The van der Waals surface area contributed by atoms with Gasteiger partial charge < -0.3 is 10.6 Å². The lowest BCUT2D eigenvalue weighted by atomic mass is 9.90. The molecule has 0 saturated carbocycles. The van der Waals surface area contributed by atoms with Crippen LogP contribution in [0.5, 0.6) is 0 Å². The second-order valence-electron chi connectivity index (χ2n) is 4.69. The molecule has 1 atom stereocenters. The summed E-state index contributed by atoms with van der Waals surface area (Å²) in [5.74, 6) is -0.0502. The number of nitrogens with zero attached hydrogens (tertiary/aromatic N) is 2. The van der Waals surface area contributed by atoms with E-state index in [0.717, 1.165) is 24.2 Å². The topological polar surface area (TPSA) is 66.9 Å². The summed E-state index contributed by atoms with van der Waals surface area (Å²) < 4.78 is 0. The molecule has 0 radical (unpaired) electrons. The molecular formula is C14H12Cl2N4O. The van der Waals surface area contributed by atoms with Gasteiger partial charge in [0.25, 0.3) is 0 Å². The molecule has 21 heavy (non-hydrogen) atoms. The fraction of sp³-hybridized carbons (Fsp3) is 0.214. The van der Waals surface area contributed by atoms with Crippen molar-refractivity contribution in [3.63, 3.8) is 0 Å². The van der Waals surface area contributed by atoms with Crippen molar-refractivity contribution in [3.05, 3.63) is 46.3 Å². The molecule has 0 bridgehead atoms. The smallest absolute Gasteiger partial charge is 0.233 e. The highest BCUT2D eigenvalue weighted by molar-refractivity contribution is 6.32. The van der Waals surface area contributed by atoms with Gasteiger partial charge in [0.15, 0.2) is 0 Å². The molecule has 2 N–H and O–H groups in total. The number of rotatable bonds is 2. The molecule has 1 aromatic heterocycles. The Kier molecular flexibility index (Phi) is 3.94. The number of nitrogens with one attached hydrogen (secondary N) is 2. The van der Waals surface area contributed by atoms with Crippen molar-refractivity contribution in [1.29, 1.82) is 0 Å². The molecule has 2 aromatic rings. The minimum absolute atomic E-state index is 0.00325. The Morgan fingerprint density at radius 1 is 1.29 bits per heavy atom. The van der Waals surface area contributed by atoms with Gasteiger partial charge in [-0.3, -0.25) is 4.79 Å². The number of anilines is 2. The Labute approximate surface area is 131 Å². The number of hydrogen-bond acceptors (Lipinski definition) is 4. The summed E-state index contributed by atoms with van der Waals surface area (Å²) in [6.45, 7) is 0.750. The molecule has 1 amide bonds. The Bertz CT molecular complexity index is 672. The molecule has 0 aliphatic carbocycles. The molecule has 1 aromatic carbocycles. The van der Waals surface area contributed by atoms with Crippen LogP contribution in [0.15, 0.2) is 30.3 Å². The first-order valence-electron chi connectivity index (χ1n) is 6.47. The number of carbonyl (C=O) groups is 1. The van der Waals surface area contributed by atoms with Gasteiger partial charge in [-0.1, -0.05) is 29.8 Å². The molecule has 0 spiro atoms. The Balaban J connectivity index is 1.83. The number of carbonyl (C=O) groups excluding carboxylic acids is 1. The highest BCUT2D eigenvalue weighted by atomic mass is 35.5. The standard InChI is InChI=1S/C14H12Cl2N4O/c15-11-7-12(20-14(16)18-11)19-13(21)9-5-6-17-10-4-2-1-3-8(9)10/h1-4,7,9,17H,5-6H2,(H,18,19,20,21). The summed E-state index contributed by atoms with van der Waals surface area (Å²) in [7, 11) is 0. The molecule has 0 fully saturated rings. The maximum atomic E-state index is 12.5. The molecule has 7 heteroatoms. The predicted octanol–water partition coefficient (Wildman–Crippen LogP) is 3.32. The van der Waals surface area contributed by atoms with Gasteiger partial charge in [-0.2, -0.15) is 0 Å². The van der Waals surface area contributed by atoms with E-state index >= 15 is 0 Å². The van der Waals surface area contributed by atoms with Crippen molar-refractivity contribution in [2.24, 2.45) is 0 Å². The molecule has 1 unspecified atom stereocenters. The van der Waals surface area contributed by atoms with Gasteiger partial charge in [0.1, 0.15) is 11.0 Å². The van der Waals surface area contributed by atoms with E-state index in [4.69, 9.17) is 23.2 Å². The second kappa shape index (κ2) is 5.87. The molecule has 1 aliphatic heterocycles. The zero-order valence-corrected chi connectivity index (χ0v) is 12.4. The highest BCUT2D eigenvalue weighted by Crippen LogP contribution is 2.32. The van der Waals surface area contributed by atoms with Crippen LogP contribution in [0.1, 0.15) is 17.9 Å². The number of amides is 1. The van der Waals surface area contributed by atoms with Crippen LogP contribution >= 0.6 is 23.2 Å². The summed E-state index contributed by atoms with van der Waals surface area (Å²) in [5.41, 5.74) is 1.97. The first kappa shape index (κ1) is 14.1. The van der Waals surface area contributed by atoms with Gasteiger partial charge in [0, 0.05) is 18.3 Å². The number of hydrogen-bond donors (Lipinski definition) is 2. The SMILES string of the molecule is O=C(Nc1cc(Cl)nc(Cl)n1)C1CCNc2ccccc21. The maximum Gasteiger partial charge on any atom is 0.233 e. The summed E-state index contributed by atoms with van der Waals surface area (Å²) in [4.78, 5) is 20.2. The lowest BCUT2D eigenvalue weighted by Crippen LogP contribution is -2.27. The van der Waals surface area contributed by atoms with Crippen LogP contribution in [0.25, 0.3) is 0 Å². The Hall–Kier alpha value is -1.85. The summed E-state index contributed by atoms with van der Waals surface area (Å²) in [6.07, 6.45) is 0.718. The van der Waals surface area contributed by atoms with Crippen molar-refractivity contribution in [2.75, 3.05) is 17.2 Å². The van der Waals surface area contributed by atoms with E-state index in [2.05, 4.69) is 20.6 Å². The Morgan fingerprint density at radius 3 is 2.90 bits per heavy atom. The fourth-order valence-corrected chi connectivity index (χ4v) is 2.82. The van der Waals surface area contributed by atoms with Crippen LogP contribution in [0.4, 0.5) is 11.5 Å². The lowest BCUT2D eigenvalue weighted by molar-refractivity contribution is -0.117. The van der Waals surface area contributed by atoms with E-state index in [9.17, 15) is 4.79 Å². The van der Waals surface area contributed by atoms with E-state index < -0.39 is 0 Å². The third-order valence-electron chi connectivity index (χ3n) is 3.32. The van der Waals surface area contributed by atoms with Crippen LogP contribution in [-0.4, -0.2) is 22.4 Å². The molecule has 3 rings (SSSR count). The normalized spacial score (nSPS) is 16.8. The fourth-order valence-electron chi connectivity index (χ4n) is 2.41. The summed E-state index contributed by atoms with van der Waals surface area (Å²) in [5, 5.41) is 6.22. The van der Waals surface area contributed by atoms with E-state index in [-0.39, 0.29) is 22.3 Å². The molecule has 0 saturated heterocycles. The van der Waals surface area contributed by atoms with Gasteiger partial charge in [0.05, 0.1) is 5.92 Å². The predicted molar refractivity (Wildman–Crippen MR) is 83.0 cm³/mol. The van der Waals surface area contributed by atoms with Crippen molar-refractivity contribution in [3.8, 4) is 0 Å². The van der Waals surface area contributed by atoms with Crippen LogP contribution < -0.4 is 10.6 Å². The third kappa shape index (κ3) is 3.09. The average Bonchev–Trinajstić information content (AvgIpc) is 2.45. The van der Waals surface area contributed by atoms with E-state index in [0.29, 0.717) is 5.82 Å². The lowest BCUT2D eigenvalue weighted by Gasteiger charge is -2.25. The van der Waals surface area contributed by atoms with Crippen molar-refractivity contribution < 1.29 is 4.79 Å². The molecular weight excluding hydrogens is 311 g/mol. The zero-order chi connectivity index (χ0) is 14.8. The van der Waals surface area contributed by atoms with Crippen molar-refractivity contribution in [1.82, 2.24) is 9.97 Å². The molecule has 1 aliphatic rings. The van der Waals surface area contributed by atoms with Gasteiger partial charge in [-0.25, -0.2) is 9.97 Å². The minimum Gasteiger partial charge on any atom is -0.385 e. The number of halogens is 2. The van der Waals surface area contributed by atoms with Gasteiger partial charge in [-0.05, 0) is 29.7 Å². The zero-order valence-electron chi connectivity index (χ0n) is 10.9. The number of aromatic nitrogens is 2. The van der Waals surface area contributed by atoms with Crippen LogP contribution in [0, 0.1) is 0 Å². The van der Waals surface area contributed by atoms with E-state index in [1.54, 1.807) is 0 Å². The molecule has 5 nitrogen and oxygen atoms in total. The highest BCUT2D eigenvalue weighted by Gasteiger charge is 2.26. The van der Waals surface area contributed by atoms with Crippen LogP contribution in [0.3, 0.4) is 0 Å². The first-order chi connectivity index (χ1) is 10.1. The van der Waals surface area contributed by atoms with Gasteiger partial charge in [0.2, 0.25) is 11.2 Å². The molecule has 2 heterocycles. The summed E-state index contributed by atoms with van der Waals surface area (Å²) >= 11 is 11.5. The van der Waals surface area contributed by atoms with Gasteiger partial charge >= 0.3 is 0 Å². The van der Waals surface area contributed by atoms with Crippen molar-refractivity contribution >= 4 is 40.6 Å². The largest absolute Gasteiger partial charge is 0.385 e. The third-order valence-corrected chi connectivity index (χ3v) is 3.68. The van der Waals surface area contributed by atoms with Crippen molar-refractivity contribution in [2.45, 2.75) is 12.3 Å². The van der Waals surface area contributed by atoms with E-state index in [1.807, 2.05) is 24.3 Å². The van der Waals surface area contributed by atoms with E-state index in [1.165, 1.54) is 6.07 Å². The second-order valence-corrected chi connectivity index (χ2v) is 5.41. The number of fused-ring (bicyclic) bond motifs is 1. The summed E-state index contributed by atoms with van der Waals surface area (Å²) in [6, 6.07) is 9.25. The molecule has 108 valence electrons. The first-order valence-corrected chi connectivity index (χ1v) is 7.23. The monoisotopic (exact) mass is 322 g/mol. The average molecular weight is 323 g/mol. The van der Waals surface area contributed by atoms with Gasteiger partial charge in [-0.15, -0.1) is 0 Å². The Morgan fingerprint density at radius 2 is 2.10 bits per heavy atom. The number of para-hydroxylation sites is 1. The number of benzene rings is 1. The maximum absolute atomic E-state index is 12.5. The van der Waals surface area contributed by atoms with Crippen LogP contribution in [0.2, 0.25) is 10.4 Å². The van der Waals surface area contributed by atoms with Crippen LogP contribution in [-0.2, 0) is 4.79 Å².